The molecule has 0 amide bonds. The van der Waals surface area contributed by atoms with Crippen LogP contribution in [0.2, 0.25) is 0 Å². The minimum atomic E-state index is -1.52. The first-order valence-corrected chi connectivity index (χ1v) is 8.31. The predicted molar refractivity (Wildman–Crippen MR) is 93.2 cm³/mol. The Morgan fingerprint density at radius 3 is 2.30 bits per heavy atom. The van der Waals surface area contributed by atoms with Gasteiger partial charge in [0.25, 0.3) is 0 Å². The molecule has 1 aliphatic heterocycles. The summed E-state index contributed by atoms with van der Waals surface area (Å²) >= 11 is 0. The van der Waals surface area contributed by atoms with Crippen molar-refractivity contribution in [2.24, 2.45) is 0 Å². The van der Waals surface area contributed by atoms with Crippen LogP contribution in [0.1, 0.15) is 10.4 Å². The number of aliphatic hydroxyl groups is 4. The van der Waals surface area contributed by atoms with Crippen molar-refractivity contribution in [3.8, 4) is 16.9 Å². The molecule has 1 aliphatic rings. The lowest BCUT2D eigenvalue weighted by Gasteiger charge is -2.39. The lowest BCUT2D eigenvalue weighted by molar-refractivity contribution is -0.277. The molecule has 5 N–H and O–H groups in total. The zero-order valence-corrected chi connectivity index (χ0v) is 14.2. The highest BCUT2D eigenvalue weighted by molar-refractivity contribution is 5.88. The van der Waals surface area contributed by atoms with E-state index in [0.717, 1.165) is 11.1 Å². The van der Waals surface area contributed by atoms with Crippen LogP contribution in [0.3, 0.4) is 0 Å². The molecule has 27 heavy (non-hydrogen) atoms. The second-order valence-electron chi connectivity index (χ2n) is 6.23. The molecular formula is C19H20O8. The highest BCUT2D eigenvalue weighted by atomic mass is 16.7. The van der Waals surface area contributed by atoms with E-state index in [1.165, 1.54) is 12.1 Å². The summed E-state index contributed by atoms with van der Waals surface area (Å²) in [7, 11) is 0. The molecule has 1 fully saturated rings. The Morgan fingerprint density at radius 2 is 1.67 bits per heavy atom. The third kappa shape index (κ3) is 4.10. The molecule has 8 heteroatoms. The number of carboxylic acids is 1. The van der Waals surface area contributed by atoms with Crippen LogP contribution in [0.5, 0.6) is 5.75 Å². The second kappa shape index (κ2) is 8.03. The number of aromatic carboxylic acids is 1. The fraction of sp³-hybridized carbons (Fsp3) is 0.316. The molecule has 8 nitrogen and oxygen atoms in total. The average Bonchev–Trinajstić information content (AvgIpc) is 2.68. The quantitative estimate of drug-likeness (QED) is 0.500. The number of benzene rings is 2. The van der Waals surface area contributed by atoms with E-state index in [9.17, 15) is 25.2 Å². The molecule has 1 heterocycles. The Hall–Kier alpha value is -2.49. The van der Waals surface area contributed by atoms with E-state index in [1.54, 1.807) is 36.4 Å². The van der Waals surface area contributed by atoms with Crippen LogP contribution >= 0.6 is 0 Å². The molecule has 2 aromatic carbocycles. The summed E-state index contributed by atoms with van der Waals surface area (Å²) < 4.78 is 10.9. The maximum absolute atomic E-state index is 10.9. The minimum absolute atomic E-state index is 0.174. The highest BCUT2D eigenvalue weighted by Gasteiger charge is 2.44. The fourth-order valence-electron chi connectivity index (χ4n) is 2.85. The van der Waals surface area contributed by atoms with Crippen molar-refractivity contribution in [1.82, 2.24) is 0 Å². The van der Waals surface area contributed by atoms with Crippen molar-refractivity contribution in [3.63, 3.8) is 0 Å². The maximum atomic E-state index is 10.9. The number of aliphatic hydroxyl groups excluding tert-OH is 4. The summed E-state index contributed by atoms with van der Waals surface area (Å²) in [5, 5.41) is 47.9. The van der Waals surface area contributed by atoms with Gasteiger partial charge in [-0.1, -0.05) is 24.3 Å². The fourth-order valence-corrected chi connectivity index (χ4v) is 2.85. The first-order valence-electron chi connectivity index (χ1n) is 8.31. The van der Waals surface area contributed by atoms with Crippen molar-refractivity contribution >= 4 is 5.97 Å². The van der Waals surface area contributed by atoms with Gasteiger partial charge in [-0.3, -0.25) is 0 Å². The van der Waals surface area contributed by atoms with E-state index in [2.05, 4.69) is 0 Å². The number of ether oxygens (including phenoxy) is 2. The molecule has 144 valence electrons. The summed E-state index contributed by atoms with van der Waals surface area (Å²) in [4.78, 5) is 10.9. The Bertz CT molecular complexity index is 789. The molecule has 2 aromatic rings. The summed E-state index contributed by atoms with van der Waals surface area (Å²) in [6.07, 6.45) is -6.80. The predicted octanol–water partition coefficient (Wildman–Crippen LogP) is 0.230. The number of rotatable bonds is 5. The van der Waals surface area contributed by atoms with Gasteiger partial charge in [-0.05, 0) is 35.4 Å². The van der Waals surface area contributed by atoms with E-state index in [0.29, 0.717) is 5.75 Å². The molecule has 0 radical (unpaired) electrons. The third-order valence-electron chi connectivity index (χ3n) is 4.40. The van der Waals surface area contributed by atoms with E-state index in [4.69, 9.17) is 14.6 Å². The highest BCUT2D eigenvalue weighted by Crippen LogP contribution is 2.28. The Balaban J connectivity index is 1.78. The molecule has 0 saturated carbocycles. The first kappa shape index (κ1) is 19.3. The Kier molecular flexibility index (Phi) is 5.73. The Labute approximate surface area is 154 Å². The van der Waals surface area contributed by atoms with Gasteiger partial charge >= 0.3 is 5.97 Å². The molecule has 0 aliphatic carbocycles. The normalized spacial score (nSPS) is 27.9. The number of carboxylic acid groups (broad SMARTS) is 1. The van der Waals surface area contributed by atoms with E-state index < -0.39 is 43.3 Å². The molecule has 0 spiro atoms. The van der Waals surface area contributed by atoms with Crippen LogP contribution in [-0.4, -0.2) is 68.8 Å². The summed E-state index contributed by atoms with van der Waals surface area (Å²) in [5.74, 6) is -0.680. The van der Waals surface area contributed by atoms with Gasteiger partial charge < -0.3 is 35.0 Å². The SMILES string of the molecule is O=C(O)c1ccc(-c2cccc(O[C@H]3O[C@H](CO)[C@@H](O)[C@H](O)[C@@H]3O)c2)cc1. The van der Waals surface area contributed by atoms with E-state index in [1.807, 2.05) is 0 Å². The number of hydrogen-bond acceptors (Lipinski definition) is 7. The van der Waals surface area contributed by atoms with Crippen LogP contribution in [0, 0.1) is 0 Å². The smallest absolute Gasteiger partial charge is 0.335 e. The minimum Gasteiger partial charge on any atom is -0.478 e. The van der Waals surface area contributed by atoms with Gasteiger partial charge in [0.15, 0.2) is 0 Å². The molecular weight excluding hydrogens is 356 g/mol. The lowest BCUT2D eigenvalue weighted by atomic mass is 9.99. The zero-order valence-electron chi connectivity index (χ0n) is 14.2. The zero-order chi connectivity index (χ0) is 19.6. The molecule has 1 saturated heterocycles. The number of carbonyl (C=O) groups is 1. The third-order valence-corrected chi connectivity index (χ3v) is 4.40. The van der Waals surface area contributed by atoms with Crippen LogP contribution in [-0.2, 0) is 4.74 Å². The van der Waals surface area contributed by atoms with E-state index in [-0.39, 0.29) is 5.56 Å². The van der Waals surface area contributed by atoms with E-state index >= 15 is 0 Å². The Morgan fingerprint density at radius 1 is 0.963 bits per heavy atom. The van der Waals surface area contributed by atoms with Gasteiger partial charge in [0.2, 0.25) is 6.29 Å². The standard InChI is InChI=1S/C19H20O8/c20-9-14-15(21)16(22)17(23)19(27-14)26-13-3-1-2-12(8-13)10-4-6-11(7-5-10)18(24)25/h1-8,14-17,19-23H,9H2,(H,24,25)/t14-,15-,16+,17+,19+/m1/s1. The van der Waals surface area contributed by atoms with Crippen molar-refractivity contribution in [2.75, 3.05) is 6.61 Å². The largest absolute Gasteiger partial charge is 0.478 e. The topological polar surface area (TPSA) is 137 Å². The van der Waals surface area contributed by atoms with Gasteiger partial charge in [-0.15, -0.1) is 0 Å². The molecule has 3 rings (SSSR count). The summed E-state index contributed by atoms with van der Waals surface area (Å²) in [6, 6.07) is 13.1. The molecule has 0 unspecified atom stereocenters. The van der Waals surface area contributed by atoms with Crippen molar-refractivity contribution in [2.45, 2.75) is 30.7 Å². The summed E-state index contributed by atoms with van der Waals surface area (Å²) in [5.41, 5.74) is 1.68. The monoisotopic (exact) mass is 376 g/mol. The van der Waals surface area contributed by atoms with Gasteiger partial charge in [-0.2, -0.15) is 0 Å². The molecule has 0 bridgehead atoms. The lowest BCUT2D eigenvalue weighted by Crippen LogP contribution is -2.60. The second-order valence-corrected chi connectivity index (χ2v) is 6.23. The molecule has 0 aromatic heterocycles. The maximum Gasteiger partial charge on any atom is 0.335 e. The van der Waals surface area contributed by atoms with Crippen LogP contribution in [0.4, 0.5) is 0 Å². The molecule has 5 atom stereocenters. The van der Waals surface area contributed by atoms with Crippen molar-refractivity contribution in [1.29, 1.82) is 0 Å². The van der Waals surface area contributed by atoms with Gasteiger partial charge in [0, 0.05) is 0 Å². The first-order chi connectivity index (χ1) is 12.9. The number of hydrogen-bond donors (Lipinski definition) is 5. The van der Waals surface area contributed by atoms with Crippen LogP contribution in [0.15, 0.2) is 48.5 Å². The van der Waals surface area contributed by atoms with Gasteiger partial charge in [-0.25, -0.2) is 4.79 Å². The van der Waals surface area contributed by atoms with Crippen molar-refractivity contribution in [3.05, 3.63) is 54.1 Å². The summed E-state index contributed by atoms with van der Waals surface area (Å²) in [6.45, 7) is -0.541. The van der Waals surface area contributed by atoms with Crippen molar-refractivity contribution < 1.29 is 39.8 Å². The average molecular weight is 376 g/mol. The van der Waals surface area contributed by atoms with Crippen LogP contribution in [0.25, 0.3) is 11.1 Å². The van der Waals surface area contributed by atoms with Gasteiger partial charge in [0.05, 0.1) is 12.2 Å². The van der Waals surface area contributed by atoms with Gasteiger partial charge in [0.1, 0.15) is 30.2 Å². The van der Waals surface area contributed by atoms with Crippen LogP contribution < -0.4 is 4.74 Å².